The van der Waals surface area contributed by atoms with Gasteiger partial charge in [-0.25, -0.2) is 0 Å². The number of hydrogen-bond donors (Lipinski definition) is 1. The molecule has 0 aliphatic rings. The van der Waals surface area contributed by atoms with Crippen molar-refractivity contribution in [1.82, 2.24) is 5.32 Å². The fraction of sp³-hybridized carbons (Fsp3) is 0.429. The highest BCUT2D eigenvalue weighted by atomic mass is 15.1. The maximum Gasteiger partial charge on any atom is 0.0396 e. The van der Waals surface area contributed by atoms with Gasteiger partial charge >= 0.3 is 0 Å². The van der Waals surface area contributed by atoms with Crippen LogP contribution in [0.15, 0.2) is 36.4 Å². The minimum absolute atomic E-state index is 0.896. The summed E-state index contributed by atoms with van der Waals surface area (Å²) in [6, 6.07) is 8.43. The minimum Gasteiger partial charge on any atom is -0.370 e. The van der Waals surface area contributed by atoms with Gasteiger partial charge < -0.3 is 10.2 Å². The summed E-state index contributed by atoms with van der Waals surface area (Å²) in [4.78, 5) is 2.25. The largest absolute Gasteiger partial charge is 0.370 e. The molecule has 88 valence electrons. The average Bonchev–Trinajstić information content (AvgIpc) is 2.26. The SMILES string of the molecule is C=C(CNCC)CN(C)c1ccccc1C. The molecule has 2 heteroatoms. The summed E-state index contributed by atoms with van der Waals surface area (Å²) in [5, 5.41) is 3.29. The Hall–Kier alpha value is -1.28. The number of anilines is 1. The highest BCUT2D eigenvalue weighted by Gasteiger charge is 2.04. The molecule has 0 unspecified atom stereocenters. The van der Waals surface area contributed by atoms with Gasteiger partial charge in [0.15, 0.2) is 0 Å². The van der Waals surface area contributed by atoms with Crippen LogP contribution in [0.4, 0.5) is 5.69 Å². The lowest BCUT2D eigenvalue weighted by molar-refractivity contribution is 0.759. The van der Waals surface area contributed by atoms with E-state index in [0.717, 1.165) is 19.6 Å². The molecule has 1 N–H and O–H groups in total. The van der Waals surface area contributed by atoms with E-state index in [1.54, 1.807) is 0 Å². The third-order valence-electron chi connectivity index (χ3n) is 2.61. The Labute approximate surface area is 99.0 Å². The van der Waals surface area contributed by atoms with E-state index in [1.165, 1.54) is 16.8 Å². The number of hydrogen-bond acceptors (Lipinski definition) is 2. The summed E-state index contributed by atoms with van der Waals surface area (Å²) >= 11 is 0. The zero-order valence-electron chi connectivity index (χ0n) is 10.6. The first kappa shape index (κ1) is 12.8. The van der Waals surface area contributed by atoms with E-state index in [-0.39, 0.29) is 0 Å². The Morgan fingerprint density at radius 1 is 1.38 bits per heavy atom. The molecule has 1 rings (SSSR count). The Morgan fingerprint density at radius 2 is 2.06 bits per heavy atom. The lowest BCUT2D eigenvalue weighted by Crippen LogP contribution is -2.26. The first-order chi connectivity index (χ1) is 7.65. The molecule has 2 nitrogen and oxygen atoms in total. The molecule has 0 fully saturated rings. The number of aryl methyl sites for hydroxylation is 1. The summed E-state index contributed by atoms with van der Waals surface area (Å²) in [5.74, 6) is 0. The number of likely N-dealkylation sites (N-methyl/N-ethyl adjacent to an activating group) is 2. The Balaban J connectivity index is 2.55. The van der Waals surface area contributed by atoms with Crippen molar-refractivity contribution in [3.63, 3.8) is 0 Å². The van der Waals surface area contributed by atoms with Crippen molar-refractivity contribution in [2.45, 2.75) is 13.8 Å². The molecule has 0 atom stereocenters. The van der Waals surface area contributed by atoms with Crippen LogP contribution in [0.2, 0.25) is 0 Å². The van der Waals surface area contributed by atoms with Crippen molar-refractivity contribution >= 4 is 5.69 Å². The monoisotopic (exact) mass is 218 g/mol. The van der Waals surface area contributed by atoms with Crippen LogP contribution >= 0.6 is 0 Å². The van der Waals surface area contributed by atoms with Crippen molar-refractivity contribution in [3.8, 4) is 0 Å². The second-order valence-corrected chi connectivity index (χ2v) is 4.17. The number of para-hydroxylation sites is 1. The number of nitrogens with zero attached hydrogens (tertiary/aromatic N) is 1. The predicted molar refractivity (Wildman–Crippen MR) is 72.1 cm³/mol. The van der Waals surface area contributed by atoms with Crippen LogP contribution in [0.3, 0.4) is 0 Å². The summed E-state index contributed by atoms with van der Waals surface area (Å²) < 4.78 is 0. The van der Waals surface area contributed by atoms with Gasteiger partial charge in [-0.2, -0.15) is 0 Å². The normalized spacial score (nSPS) is 10.2. The molecule has 0 aliphatic carbocycles. The van der Waals surface area contributed by atoms with Gasteiger partial charge in [0.25, 0.3) is 0 Å². The topological polar surface area (TPSA) is 15.3 Å². The van der Waals surface area contributed by atoms with Crippen LogP contribution in [0.5, 0.6) is 0 Å². The number of rotatable bonds is 6. The van der Waals surface area contributed by atoms with Crippen LogP contribution in [-0.4, -0.2) is 26.7 Å². The summed E-state index contributed by atoms with van der Waals surface area (Å²) in [6.45, 7) is 11.1. The third kappa shape index (κ3) is 3.70. The molecule has 0 aliphatic heterocycles. The van der Waals surface area contributed by atoms with Gasteiger partial charge in [-0.15, -0.1) is 0 Å². The molecule has 0 radical (unpaired) electrons. The van der Waals surface area contributed by atoms with Gasteiger partial charge in [0, 0.05) is 25.8 Å². The third-order valence-corrected chi connectivity index (χ3v) is 2.61. The zero-order chi connectivity index (χ0) is 12.0. The van der Waals surface area contributed by atoms with Gasteiger partial charge in [0.2, 0.25) is 0 Å². The second-order valence-electron chi connectivity index (χ2n) is 4.17. The van der Waals surface area contributed by atoms with Crippen molar-refractivity contribution in [1.29, 1.82) is 0 Å². The average molecular weight is 218 g/mol. The van der Waals surface area contributed by atoms with E-state index in [4.69, 9.17) is 0 Å². The molecule has 0 saturated heterocycles. The number of benzene rings is 1. The lowest BCUT2D eigenvalue weighted by atomic mass is 10.1. The van der Waals surface area contributed by atoms with E-state index in [1.807, 2.05) is 0 Å². The highest BCUT2D eigenvalue weighted by Crippen LogP contribution is 2.18. The van der Waals surface area contributed by atoms with Crippen molar-refractivity contribution in [2.75, 3.05) is 31.6 Å². The fourth-order valence-corrected chi connectivity index (χ4v) is 1.77. The summed E-state index contributed by atoms with van der Waals surface area (Å²) in [6.07, 6.45) is 0. The summed E-state index contributed by atoms with van der Waals surface area (Å²) in [7, 11) is 2.11. The van der Waals surface area contributed by atoms with Crippen molar-refractivity contribution in [3.05, 3.63) is 42.0 Å². The van der Waals surface area contributed by atoms with Crippen LogP contribution in [-0.2, 0) is 0 Å². The number of nitrogens with one attached hydrogen (secondary N) is 1. The second kappa shape index (κ2) is 6.33. The van der Waals surface area contributed by atoms with Gasteiger partial charge in [0.05, 0.1) is 0 Å². The van der Waals surface area contributed by atoms with E-state index in [0.29, 0.717) is 0 Å². The standard InChI is InChI=1S/C14H22N2/c1-5-15-10-12(2)11-16(4)14-9-7-6-8-13(14)3/h6-9,15H,2,5,10-11H2,1,3-4H3. The molecule has 0 aromatic heterocycles. The molecule has 0 bridgehead atoms. The molecule has 1 aromatic carbocycles. The molecule has 0 saturated carbocycles. The fourth-order valence-electron chi connectivity index (χ4n) is 1.77. The van der Waals surface area contributed by atoms with Gasteiger partial charge in [-0.05, 0) is 30.7 Å². The molecular formula is C14H22N2. The lowest BCUT2D eigenvalue weighted by Gasteiger charge is -2.22. The maximum absolute atomic E-state index is 4.08. The summed E-state index contributed by atoms with van der Waals surface area (Å²) in [5.41, 5.74) is 3.80. The Morgan fingerprint density at radius 3 is 2.69 bits per heavy atom. The van der Waals surface area contributed by atoms with Crippen molar-refractivity contribution in [2.24, 2.45) is 0 Å². The van der Waals surface area contributed by atoms with Crippen LogP contribution in [0.25, 0.3) is 0 Å². The minimum atomic E-state index is 0.896. The van der Waals surface area contributed by atoms with Gasteiger partial charge in [-0.1, -0.05) is 31.7 Å². The van der Waals surface area contributed by atoms with Crippen LogP contribution < -0.4 is 10.2 Å². The molecule has 0 heterocycles. The molecule has 1 aromatic rings. The molecule has 0 amide bonds. The van der Waals surface area contributed by atoms with E-state index in [2.05, 4.69) is 62.0 Å². The molecule has 0 spiro atoms. The molecule has 16 heavy (non-hydrogen) atoms. The predicted octanol–water partition coefficient (Wildman–Crippen LogP) is 2.60. The van der Waals surface area contributed by atoms with E-state index >= 15 is 0 Å². The zero-order valence-corrected chi connectivity index (χ0v) is 10.6. The first-order valence-electron chi connectivity index (χ1n) is 5.79. The highest BCUT2D eigenvalue weighted by molar-refractivity contribution is 5.53. The van der Waals surface area contributed by atoms with Gasteiger partial charge in [-0.3, -0.25) is 0 Å². The first-order valence-corrected chi connectivity index (χ1v) is 5.79. The quantitative estimate of drug-likeness (QED) is 0.738. The maximum atomic E-state index is 4.08. The van der Waals surface area contributed by atoms with Crippen LogP contribution in [0.1, 0.15) is 12.5 Å². The smallest absolute Gasteiger partial charge is 0.0396 e. The Kier molecular flexibility index (Phi) is 5.06. The van der Waals surface area contributed by atoms with Crippen LogP contribution in [0, 0.1) is 6.92 Å². The molecular weight excluding hydrogens is 196 g/mol. The van der Waals surface area contributed by atoms with E-state index < -0.39 is 0 Å². The van der Waals surface area contributed by atoms with Gasteiger partial charge in [0.1, 0.15) is 0 Å². The van der Waals surface area contributed by atoms with E-state index in [9.17, 15) is 0 Å². The Bertz CT molecular complexity index is 344. The van der Waals surface area contributed by atoms with Crippen molar-refractivity contribution < 1.29 is 0 Å².